The number of carbonyl (C=O) groups excluding carboxylic acids is 1. The molecule has 0 bridgehead atoms. The average Bonchev–Trinajstić information content (AvgIpc) is 2.55. The minimum absolute atomic E-state index is 0.262. The monoisotopic (exact) mass is 371 g/mol. The second-order valence-corrected chi connectivity index (χ2v) is 5.68. The van der Waals surface area contributed by atoms with E-state index in [1.807, 2.05) is 6.07 Å². The maximum atomic E-state index is 11.8. The third kappa shape index (κ3) is 5.10. The average molecular weight is 373 g/mol. The van der Waals surface area contributed by atoms with Gasteiger partial charge in [0.1, 0.15) is 5.75 Å². The second-order valence-electron chi connectivity index (χ2n) is 4.46. The number of pyridine rings is 1. The smallest absolute Gasteiger partial charge is 0.277 e. The Morgan fingerprint density at radius 2 is 2.00 bits per heavy atom. The molecule has 1 amide bonds. The largest absolute Gasteiger partial charge is 0.482 e. The van der Waals surface area contributed by atoms with Crippen molar-refractivity contribution in [2.45, 2.75) is 6.92 Å². The van der Waals surface area contributed by atoms with Crippen LogP contribution >= 0.6 is 34.8 Å². The number of hydrogen-bond acceptors (Lipinski definition) is 4. The molecule has 2 rings (SSSR count). The minimum Gasteiger partial charge on any atom is -0.482 e. The molecule has 1 heterocycles. The van der Waals surface area contributed by atoms with E-state index < -0.39 is 5.91 Å². The van der Waals surface area contributed by atoms with Crippen molar-refractivity contribution in [1.82, 2.24) is 10.4 Å². The van der Waals surface area contributed by atoms with Gasteiger partial charge in [0, 0.05) is 24.0 Å². The Morgan fingerprint density at radius 1 is 1.26 bits per heavy atom. The zero-order chi connectivity index (χ0) is 16.8. The Labute approximate surface area is 148 Å². The van der Waals surface area contributed by atoms with E-state index in [-0.39, 0.29) is 22.4 Å². The molecule has 1 aromatic carbocycles. The van der Waals surface area contributed by atoms with E-state index in [0.29, 0.717) is 10.7 Å². The van der Waals surface area contributed by atoms with Gasteiger partial charge in [0.25, 0.3) is 5.91 Å². The number of nitrogens with zero attached hydrogens (tertiary/aromatic N) is 2. The molecule has 0 aliphatic rings. The van der Waals surface area contributed by atoms with Crippen molar-refractivity contribution in [1.29, 1.82) is 0 Å². The minimum atomic E-state index is -0.435. The van der Waals surface area contributed by atoms with Gasteiger partial charge in [-0.15, -0.1) is 0 Å². The van der Waals surface area contributed by atoms with Crippen molar-refractivity contribution in [3.63, 3.8) is 0 Å². The standard InChI is InChI=1S/C15H12Cl3N3O2/c1-9(10-3-2-4-19-7-10)20-21-15(22)8-23-14-6-12(17)11(16)5-13(14)18/h2-7H,8H2,1H3,(H,21,22). The molecule has 0 aliphatic carbocycles. The van der Waals surface area contributed by atoms with Crippen molar-refractivity contribution in [2.24, 2.45) is 5.10 Å². The second kappa shape index (κ2) is 8.15. The van der Waals surface area contributed by atoms with Gasteiger partial charge < -0.3 is 4.74 Å². The van der Waals surface area contributed by atoms with Crippen LogP contribution in [0.2, 0.25) is 15.1 Å². The van der Waals surface area contributed by atoms with Crippen LogP contribution in [0.3, 0.4) is 0 Å². The van der Waals surface area contributed by atoms with E-state index in [0.717, 1.165) is 5.56 Å². The molecule has 5 nitrogen and oxygen atoms in total. The van der Waals surface area contributed by atoms with Gasteiger partial charge in [-0.3, -0.25) is 9.78 Å². The van der Waals surface area contributed by atoms with Crippen LogP contribution in [0.1, 0.15) is 12.5 Å². The summed E-state index contributed by atoms with van der Waals surface area (Å²) in [7, 11) is 0. The molecule has 120 valence electrons. The first-order chi connectivity index (χ1) is 11.0. The van der Waals surface area contributed by atoms with Crippen LogP contribution in [0.25, 0.3) is 0 Å². The van der Waals surface area contributed by atoms with Crippen LogP contribution in [0.4, 0.5) is 0 Å². The third-order valence-electron chi connectivity index (χ3n) is 2.76. The van der Waals surface area contributed by atoms with Gasteiger partial charge in [-0.1, -0.05) is 40.9 Å². The molecule has 0 aliphatic heterocycles. The summed E-state index contributed by atoms with van der Waals surface area (Å²) in [5.74, 6) is -0.167. The summed E-state index contributed by atoms with van der Waals surface area (Å²) < 4.78 is 5.30. The Bertz CT molecular complexity index is 736. The molecule has 1 N–H and O–H groups in total. The van der Waals surface area contributed by atoms with Crippen LogP contribution in [0.15, 0.2) is 41.8 Å². The van der Waals surface area contributed by atoms with Crippen LogP contribution in [-0.2, 0) is 4.79 Å². The number of hydrazone groups is 1. The van der Waals surface area contributed by atoms with Gasteiger partial charge in [-0.25, -0.2) is 5.43 Å². The number of benzene rings is 1. The molecular formula is C15H12Cl3N3O2. The quantitative estimate of drug-likeness (QED) is 0.491. The zero-order valence-corrected chi connectivity index (χ0v) is 14.3. The van der Waals surface area contributed by atoms with Crippen molar-refractivity contribution in [3.8, 4) is 5.75 Å². The Hall–Kier alpha value is -1.82. The van der Waals surface area contributed by atoms with Crippen LogP contribution in [0.5, 0.6) is 5.75 Å². The first kappa shape index (κ1) is 17.5. The lowest BCUT2D eigenvalue weighted by Crippen LogP contribution is -2.25. The predicted molar refractivity (Wildman–Crippen MR) is 91.6 cm³/mol. The molecule has 0 unspecified atom stereocenters. The SMILES string of the molecule is CC(=NNC(=O)COc1cc(Cl)c(Cl)cc1Cl)c1cccnc1. The summed E-state index contributed by atoms with van der Waals surface area (Å²) in [6, 6.07) is 6.52. The molecule has 23 heavy (non-hydrogen) atoms. The molecule has 0 atom stereocenters. The lowest BCUT2D eigenvalue weighted by Gasteiger charge is -2.08. The number of carbonyl (C=O) groups is 1. The highest BCUT2D eigenvalue weighted by Gasteiger charge is 2.09. The van der Waals surface area contributed by atoms with Crippen molar-refractivity contribution >= 4 is 46.4 Å². The number of ether oxygens (including phenoxy) is 1. The molecule has 0 radical (unpaired) electrons. The Kier molecular flexibility index (Phi) is 6.21. The summed E-state index contributed by atoms with van der Waals surface area (Å²) in [6.07, 6.45) is 3.31. The molecule has 2 aromatic rings. The summed E-state index contributed by atoms with van der Waals surface area (Å²) in [6.45, 7) is 1.50. The van der Waals surface area contributed by atoms with Crippen LogP contribution in [-0.4, -0.2) is 23.2 Å². The number of hydrogen-bond donors (Lipinski definition) is 1. The van der Waals surface area contributed by atoms with Gasteiger partial charge in [0.2, 0.25) is 0 Å². The first-order valence-corrected chi connectivity index (χ1v) is 7.61. The van der Waals surface area contributed by atoms with Crippen molar-refractivity contribution in [2.75, 3.05) is 6.61 Å². The summed E-state index contributed by atoms with van der Waals surface area (Å²) in [4.78, 5) is 15.7. The third-order valence-corrected chi connectivity index (χ3v) is 3.78. The molecule has 0 fully saturated rings. The van der Waals surface area contributed by atoms with Gasteiger partial charge in [0.05, 0.1) is 20.8 Å². The highest BCUT2D eigenvalue weighted by atomic mass is 35.5. The summed E-state index contributed by atoms with van der Waals surface area (Å²) in [5.41, 5.74) is 3.82. The van der Waals surface area contributed by atoms with Crippen LogP contribution < -0.4 is 10.2 Å². The van der Waals surface area contributed by atoms with E-state index in [1.165, 1.54) is 12.1 Å². The van der Waals surface area contributed by atoms with Crippen LogP contribution in [0, 0.1) is 0 Å². The molecule has 0 saturated carbocycles. The maximum Gasteiger partial charge on any atom is 0.277 e. The summed E-state index contributed by atoms with van der Waals surface area (Å²) in [5, 5.41) is 4.84. The fraction of sp³-hybridized carbons (Fsp3) is 0.133. The molecule has 0 saturated heterocycles. The lowest BCUT2D eigenvalue weighted by molar-refractivity contribution is -0.123. The van der Waals surface area contributed by atoms with E-state index in [9.17, 15) is 4.79 Å². The highest BCUT2D eigenvalue weighted by molar-refractivity contribution is 6.43. The van der Waals surface area contributed by atoms with E-state index in [2.05, 4.69) is 15.5 Å². The maximum absolute atomic E-state index is 11.8. The lowest BCUT2D eigenvalue weighted by atomic mass is 10.2. The fourth-order valence-corrected chi connectivity index (χ4v) is 2.17. The number of aromatic nitrogens is 1. The molecule has 0 spiro atoms. The zero-order valence-electron chi connectivity index (χ0n) is 12.0. The van der Waals surface area contributed by atoms with Gasteiger partial charge in [-0.2, -0.15) is 5.10 Å². The predicted octanol–water partition coefficient (Wildman–Crippen LogP) is 3.96. The topological polar surface area (TPSA) is 63.6 Å². The first-order valence-electron chi connectivity index (χ1n) is 6.48. The highest BCUT2D eigenvalue weighted by Crippen LogP contribution is 2.33. The Balaban J connectivity index is 1.92. The number of rotatable bonds is 5. The van der Waals surface area contributed by atoms with Gasteiger partial charge >= 0.3 is 0 Å². The fourth-order valence-electron chi connectivity index (χ4n) is 1.58. The number of nitrogens with one attached hydrogen (secondary N) is 1. The Morgan fingerprint density at radius 3 is 2.70 bits per heavy atom. The van der Waals surface area contributed by atoms with Gasteiger partial charge in [-0.05, 0) is 19.1 Å². The van der Waals surface area contributed by atoms with Crippen molar-refractivity contribution in [3.05, 3.63) is 57.3 Å². The molecule has 1 aromatic heterocycles. The number of amides is 1. The van der Waals surface area contributed by atoms with E-state index >= 15 is 0 Å². The van der Waals surface area contributed by atoms with Gasteiger partial charge in [0.15, 0.2) is 6.61 Å². The molecule has 8 heteroatoms. The number of halogens is 3. The molecular weight excluding hydrogens is 361 g/mol. The van der Waals surface area contributed by atoms with Crippen molar-refractivity contribution < 1.29 is 9.53 Å². The normalized spacial score (nSPS) is 11.2. The van der Waals surface area contributed by atoms with E-state index in [1.54, 1.807) is 25.4 Å². The summed E-state index contributed by atoms with van der Waals surface area (Å²) >= 11 is 17.6. The van der Waals surface area contributed by atoms with E-state index in [4.69, 9.17) is 39.5 Å².